The summed E-state index contributed by atoms with van der Waals surface area (Å²) in [5.74, 6) is 2.80. The van der Waals surface area contributed by atoms with Crippen LogP contribution in [-0.4, -0.2) is 30.0 Å². The molecular weight excluding hydrogens is 172 g/mol. The van der Waals surface area contributed by atoms with Crippen molar-refractivity contribution in [2.75, 3.05) is 18.1 Å². The number of carbonyl (C=O) groups is 1. The molecule has 0 amide bonds. The Kier molecular flexibility index (Phi) is 2.42. The minimum Gasteiger partial charge on any atom is -0.367 e. The number of thioether (sulfide) groups is 1. The van der Waals surface area contributed by atoms with Crippen LogP contribution >= 0.6 is 11.8 Å². The zero-order valence-electron chi connectivity index (χ0n) is 7.12. The van der Waals surface area contributed by atoms with Crippen molar-refractivity contribution < 1.29 is 9.53 Å². The zero-order chi connectivity index (χ0) is 8.44. The summed E-state index contributed by atoms with van der Waals surface area (Å²) in [6, 6.07) is 0. The summed E-state index contributed by atoms with van der Waals surface area (Å²) in [5.41, 5.74) is -0.385. The predicted octanol–water partition coefficient (Wildman–Crippen LogP) is 1.49. The second kappa shape index (κ2) is 3.38. The third kappa shape index (κ3) is 1.29. The van der Waals surface area contributed by atoms with Crippen LogP contribution in [0.15, 0.2) is 0 Å². The Morgan fingerprint density at radius 2 is 2.50 bits per heavy atom. The lowest BCUT2D eigenvalue weighted by molar-refractivity contribution is -0.130. The molecule has 2 atom stereocenters. The summed E-state index contributed by atoms with van der Waals surface area (Å²) in [5, 5.41) is 0. The largest absolute Gasteiger partial charge is 0.367 e. The SMILES string of the molecule is O=CC1(C2CCSC2)CCCO1. The predicted molar refractivity (Wildman–Crippen MR) is 49.4 cm³/mol. The highest BCUT2D eigenvalue weighted by Crippen LogP contribution is 2.39. The summed E-state index contributed by atoms with van der Waals surface area (Å²) in [7, 11) is 0. The molecule has 0 radical (unpaired) electrons. The molecule has 2 rings (SSSR count). The lowest BCUT2D eigenvalue weighted by Gasteiger charge is -2.27. The van der Waals surface area contributed by atoms with Crippen LogP contribution in [0.4, 0.5) is 0 Å². The topological polar surface area (TPSA) is 26.3 Å². The van der Waals surface area contributed by atoms with Gasteiger partial charge in [-0.3, -0.25) is 0 Å². The van der Waals surface area contributed by atoms with Crippen molar-refractivity contribution in [2.45, 2.75) is 24.9 Å². The monoisotopic (exact) mass is 186 g/mol. The van der Waals surface area contributed by atoms with Crippen molar-refractivity contribution in [2.24, 2.45) is 5.92 Å². The molecule has 0 bridgehead atoms. The van der Waals surface area contributed by atoms with E-state index in [4.69, 9.17) is 4.74 Å². The van der Waals surface area contributed by atoms with Gasteiger partial charge in [0.15, 0.2) is 6.29 Å². The molecule has 2 aliphatic rings. The molecule has 68 valence electrons. The van der Waals surface area contributed by atoms with Crippen molar-refractivity contribution in [3.05, 3.63) is 0 Å². The maximum atomic E-state index is 11.0. The van der Waals surface area contributed by atoms with Gasteiger partial charge >= 0.3 is 0 Å². The van der Waals surface area contributed by atoms with Gasteiger partial charge in [0.25, 0.3) is 0 Å². The van der Waals surface area contributed by atoms with Gasteiger partial charge in [0.05, 0.1) is 0 Å². The number of hydrogen-bond acceptors (Lipinski definition) is 3. The average Bonchev–Trinajstić information content (AvgIpc) is 2.76. The maximum absolute atomic E-state index is 11.0. The van der Waals surface area contributed by atoms with Crippen molar-refractivity contribution in [1.82, 2.24) is 0 Å². The number of rotatable bonds is 2. The number of ether oxygens (including phenoxy) is 1. The molecule has 0 aromatic carbocycles. The fraction of sp³-hybridized carbons (Fsp3) is 0.889. The molecule has 2 heterocycles. The van der Waals surface area contributed by atoms with Gasteiger partial charge in [-0.05, 0) is 30.8 Å². The van der Waals surface area contributed by atoms with E-state index in [0.717, 1.165) is 37.9 Å². The number of carbonyl (C=O) groups excluding carboxylic acids is 1. The van der Waals surface area contributed by atoms with Crippen LogP contribution in [0.25, 0.3) is 0 Å². The lowest BCUT2D eigenvalue weighted by Crippen LogP contribution is -2.39. The van der Waals surface area contributed by atoms with Crippen LogP contribution < -0.4 is 0 Å². The van der Waals surface area contributed by atoms with Crippen LogP contribution in [0.2, 0.25) is 0 Å². The quantitative estimate of drug-likeness (QED) is 0.611. The van der Waals surface area contributed by atoms with Crippen LogP contribution in [0.5, 0.6) is 0 Å². The first-order valence-electron chi connectivity index (χ1n) is 4.55. The minimum atomic E-state index is -0.385. The van der Waals surface area contributed by atoms with Gasteiger partial charge in [0.1, 0.15) is 5.60 Å². The zero-order valence-corrected chi connectivity index (χ0v) is 7.94. The maximum Gasteiger partial charge on any atom is 0.152 e. The summed E-state index contributed by atoms with van der Waals surface area (Å²) in [6.45, 7) is 0.778. The Labute approximate surface area is 77.0 Å². The Morgan fingerprint density at radius 1 is 1.58 bits per heavy atom. The third-order valence-electron chi connectivity index (χ3n) is 2.90. The van der Waals surface area contributed by atoms with Crippen LogP contribution in [0, 0.1) is 5.92 Å². The van der Waals surface area contributed by atoms with Crippen LogP contribution in [-0.2, 0) is 9.53 Å². The van der Waals surface area contributed by atoms with Crippen LogP contribution in [0.3, 0.4) is 0 Å². The summed E-state index contributed by atoms with van der Waals surface area (Å²) in [6.07, 6.45) is 4.21. The van der Waals surface area contributed by atoms with Crippen molar-refractivity contribution in [3.8, 4) is 0 Å². The van der Waals surface area contributed by atoms with Gasteiger partial charge in [-0.25, -0.2) is 0 Å². The van der Waals surface area contributed by atoms with E-state index in [2.05, 4.69) is 0 Å². The van der Waals surface area contributed by atoms with Gasteiger partial charge in [0, 0.05) is 12.5 Å². The molecule has 0 aliphatic carbocycles. The molecule has 2 fully saturated rings. The van der Waals surface area contributed by atoms with E-state index in [1.165, 1.54) is 5.75 Å². The van der Waals surface area contributed by atoms with Crippen LogP contribution in [0.1, 0.15) is 19.3 Å². The molecule has 0 aromatic rings. The van der Waals surface area contributed by atoms with E-state index in [-0.39, 0.29) is 5.60 Å². The molecule has 2 aliphatic heterocycles. The Hall–Kier alpha value is -0.0200. The summed E-state index contributed by atoms with van der Waals surface area (Å²) in [4.78, 5) is 11.0. The normalized spacial score (nSPS) is 41.8. The van der Waals surface area contributed by atoms with Crippen molar-refractivity contribution in [3.63, 3.8) is 0 Å². The highest BCUT2D eigenvalue weighted by Gasteiger charge is 2.43. The molecule has 0 N–H and O–H groups in total. The Morgan fingerprint density at radius 3 is 3.00 bits per heavy atom. The summed E-state index contributed by atoms with van der Waals surface area (Å²) < 4.78 is 5.59. The molecule has 0 spiro atoms. The number of aldehydes is 1. The molecule has 2 nitrogen and oxygen atoms in total. The second-order valence-electron chi connectivity index (χ2n) is 3.59. The van der Waals surface area contributed by atoms with Gasteiger partial charge < -0.3 is 9.53 Å². The molecule has 2 unspecified atom stereocenters. The Bertz CT molecular complexity index is 169. The Balaban J connectivity index is 2.09. The van der Waals surface area contributed by atoms with Gasteiger partial charge in [-0.15, -0.1) is 0 Å². The fourth-order valence-electron chi connectivity index (χ4n) is 2.11. The molecule has 0 aromatic heterocycles. The highest BCUT2D eigenvalue weighted by atomic mass is 32.2. The van der Waals surface area contributed by atoms with E-state index < -0.39 is 0 Å². The lowest BCUT2D eigenvalue weighted by atomic mass is 9.86. The van der Waals surface area contributed by atoms with E-state index in [9.17, 15) is 4.79 Å². The van der Waals surface area contributed by atoms with E-state index in [1.54, 1.807) is 0 Å². The molecule has 3 heteroatoms. The van der Waals surface area contributed by atoms with E-state index >= 15 is 0 Å². The molecule has 12 heavy (non-hydrogen) atoms. The number of hydrogen-bond donors (Lipinski definition) is 0. The third-order valence-corrected chi connectivity index (χ3v) is 4.07. The summed E-state index contributed by atoms with van der Waals surface area (Å²) >= 11 is 1.94. The van der Waals surface area contributed by atoms with Gasteiger partial charge in [-0.1, -0.05) is 0 Å². The second-order valence-corrected chi connectivity index (χ2v) is 4.74. The first kappa shape index (κ1) is 8.57. The fourth-order valence-corrected chi connectivity index (χ4v) is 3.47. The first-order valence-corrected chi connectivity index (χ1v) is 5.71. The van der Waals surface area contributed by atoms with Gasteiger partial charge in [0.2, 0.25) is 0 Å². The smallest absolute Gasteiger partial charge is 0.152 e. The molecular formula is C9H14O2S. The van der Waals surface area contributed by atoms with Gasteiger partial charge in [-0.2, -0.15) is 11.8 Å². The molecule has 2 saturated heterocycles. The van der Waals surface area contributed by atoms with E-state index in [0.29, 0.717) is 5.92 Å². The standard InChI is InChI=1S/C9H14O2S/c10-7-9(3-1-4-11-9)8-2-5-12-6-8/h7-8H,1-6H2. The van der Waals surface area contributed by atoms with Crippen molar-refractivity contribution in [1.29, 1.82) is 0 Å². The van der Waals surface area contributed by atoms with Crippen molar-refractivity contribution >= 4 is 18.0 Å². The highest BCUT2D eigenvalue weighted by molar-refractivity contribution is 7.99. The first-order chi connectivity index (χ1) is 5.87. The average molecular weight is 186 g/mol. The molecule has 0 saturated carbocycles. The minimum absolute atomic E-state index is 0.385. The van der Waals surface area contributed by atoms with E-state index in [1.807, 2.05) is 11.8 Å².